The molecule has 0 bridgehead atoms. The van der Waals surface area contributed by atoms with Crippen LogP contribution in [-0.2, 0) is 10.8 Å². The molecule has 0 spiro atoms. The van der Waals surface area contributed by atoms with Crippen LogP contribution < -0.4 is 0 Å². The topological polar surface area (TPSA) is 0 Å². The van der Waals surface area contributed by atoms with Gasteiger partial charge in [-0.05, 0) is 343 Å². The Hall–Kier alpha value is -15.6. The van der Waals surface area contributed by atoms with Crippen LogP contribution in [0.5, 0.6) is 0 Å². The Bertz CT molecular complexity index is 8920. The van der Waals surface area contributed by atoms with Crippen molar-refractivity contribution in [3.8, 4) is 122 Å². The Balaban J connectivity index is 0.000000103. The number of rotatable bonds is 5. The van der Waals surface area contributed by atoms with Crippen molar-refractivity contribution in [1.29, 1.82) is 0 Å². The van der Waals surface area contributed by atoms with E-state index >= 15 is 0 Å². The van der Waals surface area contributed by atoms with Crippen LogP contribution in [0.2, 0.25) is 0 Å². The van der Waals surface area contributed by atoms with Crippen molar-refractivity contribution < 1.29 is 0 Å². The van der Waals surface area contributed by atoms with Gasteiger partial charge in [0.1, 0.15) is 0 Å². The zero-order valence-corrected chi connectivity index (χ0v) is 74.0. The molecule has 0 heteroatoms. The molecule has 0 nitrogen and oxygen atoms in total. The van der Waals surface area contributed by atoms with E-state index in [4.69, 9.17) is 0 Å². The summed E-state index contributed by atoms with van der Waals surface area (Å²) in [6.45, 7) is 18.7. The summed E-state index contributed by atoms with van der Waals surface area (Å²) in [5.41, 5.74) is 34.9. The van der Waals surface area contributed by atoms with E-state index in [1.54, 1.807) is 0 Å². The maximum atomic E-state index is 2.50. The van der Waals surface area contributed by atoms with Gasteiger partial charge in [0.2, 0.25) is 0 Å². The predicted molar refractivity (Wildman–Crippen MR) is 563 cm³/mol. The highest BCUT2D eigenvalue weighted by molar-refractivity contribution is 6.43. The molecule has 130 heavy (non-hydrogen) atoms. The van der Waals surface area contributed by atoms with Gasteiger partial charge in [0.15, 0.2) is 0 Å². The van der Waals surface area contributed by atoms with Crippen molar-refractivity contribution in [2.24, 2.45) is 0 Å². The molecule has 608 valence electrons. The van der Waals surface area contributed by atoms with E-state index in [-0.39, 0.29) is 10.8 Å². The second-order valence-electron chi connectivity index (χ2n) is 38.9. The first-order valence-corrected chi connectivity index (χ1v) is 46.2. The van der Waals surface area contributed by atoms with Crippen LogP contribution in [0.15, 0.2) is 388 Å². The molecule has 0 saturated heterocycles. The smallest absolute Gasteiger partial charge is 0.000740 e. The van der Waals surface area contributed by atoms with Gasteiger partial charge in [0, 0.05) is 0 Å². The minimum atomic E-state index is 0.0310. The first-order chi connectivity index (χ1) is 63.7. The van der Waals surface area contributed by atoms with Crippen molar-refractivity contribution in [1.82, 2.24) is 0 Å². The van der Waals surface area contributed by atoms with Gasteiger partial charge in [-0.25, -0.2) is 0 Å². The molecular weight excluding hydrogens is 1560 g/mol. The van der Waals surface area contributed by atoms with Crippen LogP contribution in [0.3, 0.4) is 0 Å². The lowest BCUT2D eigenvalue weighted by atomic mass is 9.79. The fourth-order valence-corrected chi connectivity index (χ4v) is 24.4. The number of hydrogen-bond acceptors (Lipinski definition) is 0. The second-order valence-corrected chi connectivity index (χ2v) is 38.9. The number of hydrogen-bond donors (Lipinski definition) is 0. The van der Waals surface area contributed by atoms with Crippen molar-refractivity contribution in [2.75, 3.05) is 0 Å². The van der Waals surface area contributed by atoms with Crippen LogP contribution in [0.25, 0.3) is 284 Å². The Labute approximate surface area is 755 Å². The second kappa shape index (κ2) is 27.5. The lowest BCUT2D eigenvalue weighted by molar-refractivity contribution is 0.590. The molecule has 0 atom stereocenters. The molecule has 3 aliphatic rings. The fourth-order valence-electron chi connectivity index (χ4n) is 24.4. The van der Waals surface area contributed by atoms with E-state index in [0.29, 0.717) is 0 Å². The summed E-state index contributed by atoms with van der Waals surface area (Å²) in [4.78, 5) is 0. The Morgan fingerprint density at radius 2 is 0.377 bits per heavy atom. The monoisotopic (exact) mass is 1650 g/mol. The third kappa shape index (κ3) is 10.4. The van der Waals surface area contributed by atoms with Gasteiger partial charge in [-0.1, -0.05) is 418 Å². The van der Waals surface area contributed by atoms with E-state index < -0.39 is 0 Å². The quantitative estimate of drug-likeness (QED) is 0.119. The van der Waals surface area contributed by atoms with Gasteiger partial charge in [0.25, 0.3) is 0 Å². The zero-order valence-electron chi connectivity index (χ0n) is 74.0. The maximum absolute atomic E-state index is 2.50. The Morgan fingerprint density at radius 3 is 0.708 bits per heavy atom. The van der Waals surface area contributed by atoms with E-state index in [0.717, 1.165) is 0 Å². The van der Waals surface area contributed by atoms with Crippen molar-refractivity contribution >= 4 is 162 Å². The van der Waals surface area contributed by atoms with E-state index in [1.165, 1.54) is 306 Å². The number of fused-ring (bicyclic) bond motifs is 18. The minimum Gasteiger partial charge on any atom is -0.0622 e. The summed E-state index contributed by atoms with van der Waals surface area (Å²) in [6, 6.07) is 146. The highest BCUT2D eigenvalue weighted by Crippen LogP contribution is 2.64. The van der Waals surface area contributed by atoms with Gasteiger partial charge in [0.05, 0.1) is 0 Å². The average Bonchev–Trinajstić information content (AvgIpc) is 1.49. The van der Waals surface area contributed by atoms with Crippen LogP contribution in [-0.4, -0.2) is 0 Å². The Morgan fingerprint density at radius 1 is 0.138 bits per heavy atom. The highest BCUT2D eigenvalue weighted by atomic mass is 14.4. The van der Waals surface area contributed by atoms with Gasteiger partial charge in [-0.15, -0.1) is 0 Å². The van der Waals surface area contributed by atoms with Gasteiger partial charge < -0.3 is 0 Å². The predicted octanol–water partition coefficient (Wildman–Crippen LogP) is 37.2. The summed E-state index contributed by atoms with van der Waals surface area (Å²) in [5, 5.41) is 40.6. The molecule has 29 rings (SSSR count). The summed E-state index contributed by atoms with van der Waals surface area (Å²) < 4.78 is 0. The van der Waals surface area contributed by atoms with Crippen molar-refractivity contribution in [3.05, 3.63) is 411 Å². The van der Waals surface area contributed by atoms with Crippen LogP contribution in [0.1, 0.15) is 63.8 Å². The van der Waals surface area contributed by atoms with Crippen LogP contribution in [0.4, 0.5) is 0 Å². The molecule has 0 unspecified atom stereocenters. The minimum absolute atomic E-state index is 0.0310. The summed E-state index contributed by atoms with van der Waals surface area (Å²) in [6.07, 6.45) is 0. The third-order valence-corrected chi connectivity index (χ3v) is 30.1. The SMILES string of the molecule is CC(C)(C)c1cc2cc(C(C)(C)C)cc3c4ccc5c6c(ccc(c(c1)c23)c64)-c1c-5c(-c2ccccc2)c2ccccc2c1-c1ccccc1.Cc1c2c(c(C)c3ccccc13)-c1ccc3c4cccc5cccc(c6ccc-2c1c63)c54.c1ccc(-c2c3c(c(-c4ccccc4)c4ccccc24)-c2ccc4c5ccc(-c6ccccc6)c6cccc(c7ccc-3c2c74)c65)cc1. The molecular formula is C130H88. The fraction of sp³-hybridized carbons (Fsp3) is 0.0769. The first-order valence-electron chi connectivity index (χ1n) is 46.2. The van der Waals surface area contributed by atoms with Crippen molar-refractivity contribution in [2.45, 2.75) is 66.2 Å². The summed E-state index contributed by atoms with van der Waals surface area (Å²) >= 11 is 0. The standard InChI is InChI=1S/C50H40.C48H28.C32H20/c1-49(2,3)32-25-31-26-33(50(4,5)6)28-41-37-22-24-39-46-38(23-21-36(45(37)46)40(27-32)42(31)41)47-43(29-15-9-7-10-16-29)34-19-13-14-20-35(34)44(48(39)47)30-17-11-8-12-18-30;1-4-13-29(14-5-1)32-23-24-37-39-26-28-41-46-40(27-25-38(45(39)46)36-22-12-21-33(32)44(36)37)47-42(30-15-6-2-7-16-30)34-19-10-11-20-35(34)43(48(41)47)31-17-8-3-9-18-31;1-17-20-9-3-4-10-21(20)18(2)29-27-16-14-25-23-12-6-8-19-7-5-11-22(30(19)23)24-13-15-26(28(17)29)32(27)31(24)25/h7-28H,1-6H3;1-28H;3-16H,1-2H3. The van der Waals surface area contributed by atoms with Crippen LogP contribution >= 0.6 is 0 Å². The molecule has 0 heterocycles. The average molecular weight is 1650 g/mol. The largest absolute Gasteiger partial charge is 0.0622 e. The zero-order chi connectivity index (χ0) is 86.6. The van der Waals surface area contributed by atoms with Gasteiger partial charge in [-0.3, -0.25) is 0 Å². The molecule has 0 amide bonds. The van der Waals surface area contributed by atoms with E-state index in [1.807, 2.05) is 0 Å². The first kappa shape index (κ1) is 74.6. The molecule has 3 aliphatic carbocycles. The molecule has 26 aromatic carbocycles. The molecule has 0 radical (unpaired) electrons. The molecule has 0 saturated carbocycles. The highest BCUT2D eigenvalue weighted by Gasteiger charge is 2.37. The Kier molecular flexibility index (Phi) is 15.8. The normalized spacial score (nSPS) is 12.6. The summed E-state index contributed by atoms with van der Waals surface area (Å²) in [7, 11) is 0. The number of aryl methyl sites for hydroxylation is 2. The molecule has 0 aliphatic heterocycles. The maximum Gasteiger partial charge on any atom is -0.000740 e. The van der Waals surface area contributed by atoms with Crippen LogP contribution in [0, 0.1) is 13.8 Å². The van der Waals surface area contributed by atoms with Crippen molar-refractivity contribution in [3.63, 3.8) is 0 Å². The van der Waals surface area contributed by atoms with E-state index in [9.17, 15) is 0 Å². The lowest BCUT2D eigenvalue weighted by Gasteiger charge is -2.25. The molecule has 0 aromatic heterocycles. The number of benzene rings is 26. The lowest BCUT2D eigenvalue weighted by Crippen LogP contribution is -2.12. The molecule has 26 aromatic rings. The molecule has 0 N–H and O–H groups in total. The van der Waals surface area contributed by atoms with Gasteiger partial charge in [-0.2, -0.15) is 0 Å². The summed E-state index contributed by atoms with van der Waals surface area (Å²) in [5.74, 6) is 0. The third-order valence-electron chi connectivity index (χ3n) is 30.1. The van der Waals surface area contributed by atoms with E-state index in [2.05, 4.69) is 444 Å². The molecule has 0 fully saturated rings. The van der Waals surface area contributed by atoms with Gasteiger partial charge >= 0.3 is 0 Å².